The molecule has 0 saturated carbocycles. The molecule has 120 valence electrons. The smallest absolute Gasteiger partial charge is 0.123 e. The molecule has 1 atom stereocenters. The van der Waals surface area contributed by atoms with E-state index in [0.717, 1.165) is 19.4 Å². The van der Waals surface area contributed by atoms with Crippen LogP contribution in [-0.4, -0.2) is 12.6 Å². The Morgan fingerprint density at radius 1 is 1.24 bits per heavy atom. The van der Waals surface area contributed by atoms with E-state index in [1.807, 2.05) is 6.07 Å². The highest BCUT2D eigenvalue weighted by Crippen LogP contribution is 2.34. The van der Waals surface area contributed by atoms with E-state index < -0.39 is 0 Å². The summed E-state index contributed by atoms with van der Waals surface area (Å²) in [5, 5.41) is 3.61. The Balaban J connectivity index is 2.95. The number of benzene rings is 1. The van der Waals surface area contributed by atoms with Crippen LogP contribution in [0.2, 0.25) is 0 Å². The average Bonchev–Trinajstić information content (AvgIpc) is 2.45. The van der Waals surface area contributed by atoms with Gasteiger partial charge in [-0.25, -0.2) is 4.39 Å². The van der Waals surface area contributed by atoms with Crippen molar-refractivity contribution in [3.05, 3.63) is 35.1 Å². The van der Waals surface area contributed by atoms with Gasteiger partial charge in [-0.05, 0) is 54.9 Å². The summed E-state index contributed by atoms with van der Waals surface area (Å²) in [7, 11) is 0. The summed E-state index contributed by atoms with van der Waals surface area (Å²) in [5.41, 5.74) is 2.60. The Bertz CT molecular complexity index is 428. The molecule has 0 fully saturated rings. The van der Waals surface area contributed by atoms with Crippen LogP contribution in [0.4, 0.5) is 4.39 Å². The van der Waals surface area contributed by atoms with Crippen molar-refractivity contribution in [1.82, 2.24) is 5.32 Å². The van der Waals surface area contributed by atoms with Gasteiger partial charge in [0.15, 0.2) is 0 Å². The molecular weight excluding hydrogens is 261 g/mol. The first-order chi connectivity index (χ1) is 9.92. The number of unbranched alkanes of at least 4 members (excludes halogenated alkanes) is 1. The van der Waals surface area contributed by atoms with Crippen molar-refractivity contribution in [3.8, 4) is 0 Å². The van der Waals surface area contributed by atoms with Gasteiger partial charge in [-0.1, -0.05) is 46.6 Å². The molecule has 1 rings (SSSR count). The first-order valence-corrected chi connectivity index (χ1v) is 8.41. The van der Waals surface area contributed by atoms with E-state index in [4.69, 9.17) is 0 Å². The van der Waals surface area contributed by atoms with E-state index >= 15 is 0 Å². The van der Waals surface area contributed by atoms with Gasteiger partial charge in [0.1, 0.15) is 5.82 Å². The molecule has 0 amide bonds. The van der Waals surface area contributed by atoms with E-state index in [1.54, 1.807) is 12.1 Å². The molecule has 1 aromatic rings. The molecule has 0 radical (unpaired) electrons. The molecule has 0 spiro atoms. The summed E-state index contributed by atoms with van der Waals surface area (Å²) in [4.78, 5) is 0. The average molecular weight is 293 g/mol. The third kappa shape index (κ3) is 5.78. The zero-order valence-corrected chi connectivity index (χ0v) is 14.4. The molecule has 0 aliphatic carbocycles. The van der Waals surface area contributed by atoms with Gasteiger partial charge in [0.2, 0.25) is 0 Å². The predicted molar refractivity (Wildman–Crippen MR) is 90.2 cm³/mol. The molecule has 1 N–H and O–H groups in total. The van der Waals surface area contributed by atoms with Crippen LogP contribution in [-0.2, 0) is 6.42 Å². The monoisotopic (exact) mass is 293 g/mol. The second-order valence-electron chi connectivity index (χ2n) is 6.74. The maximum atomic E-state index is 13.6. The third-order valence-electron chi connectivity index (χ3n) is 4.57. The highest BCUT2D eigenvalue weighted by Gasteiger charge is 2.28. The fourth-order valence-electron chi connectivity index (χ4n) is 2.87. The van der Waals surface area contributed by atoms with Crippen molar-refractivity contribution >= 4 is 0 Å². The molecule has 1 unspecified atom stereocenters. The van der Waals surface area contributed by atoms with Crippen molar-refractivity contribution in [3.63, 3.8) is 0 Å². The molecule has 0 aliphatic rings. The van der Waals surface area contributed by atoms with Gasteiger partial charge >= 0.3 is 0 Å². The second-order valence-corrected chi connectivity index (χ2v) is 6.74. The van der Waals surface area contributed by atoms with Gasteiger partial charge < -0.3 is 5.32 Å². The predicted octanol–water partition coefficient (Wildman–Crippen LogP) is 5.26. The second kappa shape index (κ2) is 8.53. The lowest BCUT2D eigenvalue weighted by atomic mass is 9.74. The minimum atomic E-state index is -0.118. The molecule has 0 bridgehead atoms. The lowest BCUT2D eigenvalue weighted by molar-refractivity contribution is 0.222. The molecule has 1 aromatic carbocycles. The molecule has 0 heterocycles. The Morgan fingerprint density at radius 3 is 2.52 bits per heavy atom. The number of rotatable bonds is 9. The summed E-state index contributed by atoms with van der Waals surface area (Å²) in [6.07, 6.45) is 5.75. The Labute approximate surface area is 130 Å². The van der Waals surface area contributed by atoms with Crippen molar-refractivity contribution in [2.45, 2.75) is 72.8 Å². The van der Waals surface area contributed by atoms with Gasteiger partial charge in [-0.2, -0.15) is 0 Å². The topological polar surface area (TPSA) is 12.0 Å². The van der Waals surface area contributed by atoms with Gasteiger partial charge in [0, 0.05) is 12.6 Å². The zero-order chi connectivity index (χ0) is 15.9. The molecule has 21 heavy (non-hydrogen) atoms. The highest BCUT2D eigenvalue weighted by atomic mass is 19.1. The van der Waals surface area contributed by atoms with Crippen LogP contribution < -0.4 is 5.32 Å². The number of nitrogens with one attached hydrogen (secondary N) is 1. The van der Waals surface area contributed by atoms with E-state index in [1.165, 1.54) is 30.4 Å². The minimum absolute atomic E-state index is 0.118. The van der Waals surface area contributed by atoms with Gasteiger partial charge in [-0.3, -0.25) is 0 Å². The quantitative estimate of drug-likeness (QED) is 0.654. The first kappa shape index (κ1) is 18.2. The van der Waals surface area contributed by atoms with Crippen LogP contribution >= 0.6 is 0 Å². The Hall–Kier alpha value is -0.890. The summed E-state index contributed by atoms with van der Waals surface area (Å²) in [5.74, 6) is -0.118. The minimum Gasteiger partial charge on any atom is -0.314 e. The van der Waals surface area contributed by atoms with Crippen LogP contribution in [0, 0.1) is 18.2 Å². The molecule has 1 nitrogen and oxygen atoms in total. The van der Waals surface area contributed by atoms with E-state index in [9.17, 15) is 4.39 Å². The van der Waals surface area contributed by atoms with Crippen LogP contribution in [0.25, 0.3) is 0 Å². The molecule has 0 aliphatic heterocycles. The summed E-state index contributed by atoms with van der Waals surface area (Å²) in [6, 6.07) is 5.68. The van der Waals surface area contributed by atoms with Crippen LogP contribution in [0.3, 0.4) is 0 Å². The van der Waals surface area contributed by atoms with Gasteiger partial charge in [0.25, 0.3) is 0 Å². The van der Waals surface area contributed by atoms with Crippen LogP contribution in [0.5, 0.6) is 0 Å². The maximum absolute atomic E-state index is 13.6. The molecular formula is C19H32FN. The van der Waals surface area contributed by atoms with Crippen LogP contribution in [0.15, 0.2) is 18.2 Å². The van der Waals surface area contributed by atoms with Crippen molar-refractivity contribution < 1.29 is 4.39 Å². The fraction of sp³-hybridized carbons (Fsp3) is 0.684. The number of hydrogen-bond donors (Lipinski definition) is 1. The van der Waals surface area contributed by atoms with Crippen molar-refractivity contribution in [1.29, 1.82) is 0 Å². The molecule has 0 aromatic heterocycles. The summed E-state index contributed by atoms with van der Waals surface area (Å²) in [6.45, 7) is 12.0. The maximum Gasteiger partial charge on any atom is 0.123 e. The third-order valence-corrected chi connectivity index (χ3v) is 4.57. The largest absolute Gasteiger partial charge is 0.314 e. The van der Waals surface area contributed by atoms with Crippen molar-refractivity contribution in [2.75, 3.05) is 6.54 Å². The lowest BCUT2D eigenvalue weighted by Crippen LogP contribution is -2.39. The Kier molecular flexibility index (Phi) is 7.37. The molecule has 2 heteroatoms. The first-order valence-electron chi connectivity index (χ1n) is 8.41. The van der Waals surface area contributed by atoms with Crippen LogP contribution in [0.1, 0.15) is 64.5 Å². The Morgan fingerprint density at radius 2 is 1.95 bits per heavy atom. The molecule has 0 saturated heterocycles. The SMILES string of the molecule is CCCCC(CC)(CNC(C)C)Cc1cc(F)ccc1C. The normalized spacial score (nSPS) is 14.4. The zero-order valence-electron chi connectivity index (χ0n) is 14.4. The summed E-state index contributed by atoms with van der Waals surface area (Å²) < 4.78 is 13.6. The van der Waals surface area contributed by atoms with E-state index in [-0.39, 0.29) is 11.2 Å². The number of aryl methyl sites for hydroxylation is 1. The summed E-state index contributed by atoms with van der Waals surface area (Å²) >= 11 is 0. The lowest BCUT2D eigenvalue weighted by Gasteiger charge is -2.35. The van der Waals surface area contributed by atoms with Crippen molar-refractivity contribution in [2.24, 2.45) is 5.41 Å². The van der Waals surface area contributed by atoms with E-state index in [0.29, 0.717) is 6.04 Å². The highest BCUT2D eigenvalue weighted by molar-refractivity contribution is 5.27. The van der Waals surface area contributed by atoms with Gasteiger partial charge in [-0.15, -0.1) is 0 Å². The fourth-order valence-corrected chi connectivity index (χ4v) is 2.87. The standard InChI is InChI=1S/C19H32FN/c1-6-8-11-19(7-2,14-21-15(3)4)13-17-12-18(20)10-9-16(17)5/h9-10,12,15,21H,6-8,11,13-14H2,1-5H3. The van der Waals surface area contributed by atoms with Gasteiger partial charge in [0.05, 0.1) is 0 Å². The van der Waals surface area contributed by atoms with E-state index in [2.05, 4.69) is 39.9 Å². The number of hydrogen-bond acceptors (Lipinski definition) is 1. The number of halogens is 1.